The molecule has 2 fully saturated rings. The number of amides is 6. The second-order valence-electron chi connectivity index (χ2n) is 25.2. The van der Waals surface area contributed by atoms with Crippen molar-refractivity contribution in [1.82, 2.24) is 76.3 Å². The molecule has 8 aromatic rings. The second kappa shape index (κ2) is 30.3. The van der Waals surface area contributed by atoms with Gasteiger partial charge >= 0.3 is 18.0 Å². The number of pyridine rings is 1. The number of carbonyl (C=O) groups excluding carboxylic acids is 7. The molecule has 12 bridgehead atoms. The number of ether oxygens (including phenoxy) is 7. The summed E-state index contributed by atoms with van der Waals surface area (Å²) in [6.07, 6.45) is -7.47. The first-order valence-electron chi connectivity index (χ1n) is 32.4. The zero-order chi connectivity index (χ0) is 72.7. The minimum absolute atomic E-state index is 0.000921. The highest BCUT2D eigenvalue weighted by Gasteiger charge is 2.50. The summed E-state index contributed by atoms with van der Waals surface area (Å²) in [6, 6.07) is 0.467. The van der Waals surface area contributed by atoms with E-state index in [0.717, 1.165) is 69.8 Å². The molecule has 544 valence electrons. The predicted octanol–water partition coefficient (Wildman–Crippen LogP) is 4.29. The number of aliphatic hydroxyl groups is 2. The van der Waals surface area contributed by atoms with Gasteiger partial charge in [-0.25, -0.2) is 44.3 Å². The quantitative estimate of drug-likeness (QED) is 0.0490. The van der Waals surface area contributed by atoms with Crippen LogP contribution in [-0.2, 0) is 62.5 Å². The molecule has 103 heavy (non-hydrogen) atoms. The van der Waals surface area contributed by atoms with Gasteiger partial charge in [0.2, 0.25) is 5.91 Å². The molecule has 7 aromatic heterocycles. The molecule has 1 aromatic carbocycles. The third-order valence-corrected chi connectivity index (χ3v) is 22.3. The highest BCUT2D eigenvalue weighted by Crippen LogP contribution is 2.43. The number of morpholine rings is 1. The van der Waals surface area contributed by atoms with E-state index >= 15 is 19.2 Å². The maximum atomic E-state index is 15.2. The number of hydrogen-bond donors (Lipinski definition) is 10. The van der Waals surface area contributed by atoms with Gasteiger partial charge in [0.1, 0.15) is 114 Å². The van der Waals surface area contributed by atoms with Gasteiger partial charge in [0.15, 0.2) is 18.1 Å². The first-order chi connectivity index (χ1) is 49.4. The van der Waals surface area contributed by atoms with E-state index in [-0.39, 0.29) is 111 Å². The van der Waals surface area contributed by atoms with Crippen molar-refractivity contribution >= 4 is 115 Å². The molecule has 0 radical (unpaired) electrons. The Bertz CT molecular complexity index is 4610. The fourth-order valence-electron chi connectivity index (χ4n) is 12.9. The van der Waals surface area contributed by atoms with Crippen LogP contribution in [0, 0.1) is 0 Å². The Kier molecular flexibility index (Phi) is 21.3. The minimum atomic E-state index is -1.90. The lowest BCUT2D eigenvalue weighted by molar-refractivity contribution is -0.280. The van der Waals surface area contributed by atoms with Crippen molar-refractivity contribution in [1.29, 1.82) is 0 Å². The van der Waals surface area contributed by atoms with Gasteiger partial charge in [0.25, 0.3) is 17.7 Å². The average molecular weight is 1510 g/mol. The lowest BCUT2D eigenvalue weighted by atomic mass is 9.85. The molecule has 10 atom stereocenters. The number of fused-ring (bicyclic) bond motifs is 15. The lowest BCUT2D eigenvalue weighted by Gasteiger charge is -2.48. The van der Waals surface area contributed by atoms with Crippen LogP contribution in [0.4, 0.5) is 4.79 Å². The number of rotatable bonds is 11. The molecule has 12 heterocycles. The number of nitrogens with zero attached hydrogens (tertiary/aromatic N) is 9. The number of urea groups is 1. The standard InChI is InChI=1S/C65H71N15O18S5/c1-28(81)44-56(86)76-45(29(2)92-7)59-72-39(27-102-59)55(85)77-48-50-51(98-42-18-65(4,90)52(78(5)6)30(3)97-42)63(88)95-20-31-9-8-10-40-43(31)34(21-94-50)49(80(40)91)62(87)96-22-35(69-53(83)37-26-103-61(48)73-37)58-70-36(24-101-58)46-33(57-71-38(25-100-57)54(84)75-44)17-41(82)47(74-46)60-68-32(23-99-60)19-67-64(89)66-11-12-79-13-15-93-16-14-79/h8-10,17,23-28,30,35,42,44,48,50-52,81-82,90-91H,11-16,18-22H2,1-7H3,(H,69,83)(H,75,84)(H,76,86)(H,77,85)(H2,66,67,89)/t28-,30+,35+,42+,44+,48+,50+,51+,52-,65+/m1/s1. The number of aromatic nitrogens is 7. The number of thiazole rings is 5. The van der Waals surface area contributed by atoms with Gasteiger partial charge in [-0.05, 0) is 59.5 Å². The second-order valence-corrected chi connectivity index (χ2v) is 29.6. The molecule has 13 rings (SSSR count). The summed E-state index contributed by atoms with van der Waals surface area (Å²) in [6.45, 7) is 8.19. The zero-order valence-electron chi connectivity index (χ0n) is 56.2. The van der Waals surface area contributed by atoms with E-state index in [1.165, 1.54) is 49.2 Å². The normalized spacial score (nSPS) is 24.6. The first-order valence-corrected chi connectivity index (χ1v) is 36.8. The van der Waals surface area contributed by atoms with Crippen LogP contribution in [0.15, 0.2) is 56.9 Å². The molecule has 2 saturated heterocycles. The van der Waals surface area contributed by atoms with Crippen LogP contribution in [0.3, 0.4) is 0 Å². The van der Waals surface area contributed by atoms with Crippen LogP contribution < -0.4 is 31.9 Å². The number of methoxy groups -OCH3 is 1. The SMILES string of the molecule is COC(C)=C1NC(=O)[C@H]([C@@H](C)O)NC(=O)c2csc(n2)-c2cc(O)c(-c3nc(CNC(=O)NCCN4CCOCC4)cs3)nc2-c2csc(n2)[C@@H]2COC(=O)c3c4c5c(cccc5n3O)COC(=O)[C@@H](O[C@H]3C[C@](C)(O)[C@H](N(C)C)[C@H](C)O3)[C@@H](OC4)[C@H](NC(=O)c3csc1n3)c1nc(cs1)C(=O)N2. The number of likely N-dealkylation sites (N-methyl/N-ethyl adjacent to an activating group) is 1. The van der Waals surface area contributed by atoms with Crippen molar-refractivity contribution in [2.45, 2.75) is 114 Å². The van der Waals surface area contributed by atoms with E-state index in [0.29, 0.717) is 42.3 Å². The number of aromatic hydroxyl groups is 1. The van der Waals surface area contributed by atoms with Crippen molar-refractivity contribution in [3.63, 3.8) is 0 Å². The molecule has 38 heteroatoms. The number of hydrogen-bond acceptors (Lipinski definition) is 31. The Morgan fingerprint density at radius 2 is 1.52 bits per heavy atom. The van der Waals surface area contributed by atoms with Crippen molar-refractivity contribution in [3.8, 4) is 38.4 Å². The van der Waals surface area contributed by atoms with Crippen molar-refractivity contribution in [2.24, 2.45) is 0 Å². The van der Waals surface area contributed by atoms with E-state index in [1.807, 2.05) is 0 Å². The molecule has 6 amide bonds. The summed E-state index contributed by atoms with van der Waals surface area (Å²) >= 11 is 4.85. The maximum absolute atomic E-state index is 15.2. The fraction of sp³-hybridized carbons (Fsp3) is 0.431. The number of carbonyl (C=O) groups is 7. The maximum Gasteiger partial charge on any atom is 0.358 e. The molecule has 10 N–H and O–H groups in total. The fourth-order valence-corrected chi connectivity index (χ4v) is 17.1. The summed E-state index contributed by atoms with van der Waals surface area (Å²) in [5.74, 6) is -6.11. The highest BCUT2D eigenvalue weighted by atomic mass is 32.1. The van der Waals surface area contributed by atoms with E-state index in [4.69, 9.17) is 53.1 Å². The monoisotopic (exact) mass is 1510 g/mol. The number of allylic oxidation sites excluding steroid dienone is 1. The Morgan fingerprint density at radius 1 is 0.835 bits per heavy atom. The molecule has 0 saturated carbocycles. The van der Waals surface area contributed by atoms with Crippen molar-refractivity contribution in [2.75, 3.05) is 67.2 Å². The van der Waals surface area contributed by atoms with Gasteiger partial charge in [-0.3, -0.25) is 24.1 Å². The number of aliphatic hydroxyl groups excluding tert-OH is 1. The summed E-state index contributed by atoms with van der Waals surface area (Å²) < 4.78 is 43.8. The molecular formula is C65H71N15O18S5. The molecular weight excluding hydrogens is 1440 g/mol. The van der Waals surface area contributed by atoms with Gasteiger partial charge < -0.3 is 90.5 Å². The van der Waals surface area contributed by atoms with Crippen LogP contribution in [0.2, 0.25) is 0 Å². The third kappa shape index (κ3) is 15.2. The summed E-state index contributed by atoms with van der Waals surface area (Å²) in [7, 11) is 4.87. The van der Waals surface area contributed by atoms with Crippen LogP contribution in [-0.4, -0.2) is 222 Å². The molecule has 0 unspecified atom stereocenters. The van der Waals surface area contributed by atoms with Crippen LogP contribution in [0.5, 0.6) is 5.75 Å². The van der Waals surface area contributed by atoms with E-state index in [9.17, 15) is 34.9 Å². The molecule has 5 aliphatic heterocycles. The number of esters is 2. The van der Waals surface area contributed by atoms with Gasteiger partial charge in [0.05, 0.1) is 68.5 Å². The van der Waals surface area contributed by atoms with Gasteiger partial charge in [-0.2, -0.15) is 4.73 Å². The number of cyclic esters (lactones) is 2. The van der Waals surface area contributed by atoms with E-state index in [1.54, 1.807) is 55.7 Å². The topological polar surface area (TPSA) is 426 Å². The summed E-state index contributed by atoms with van der Waals surface area (Å²) in [4.78, 5) is 135. The minimum Gasteiger partial charge on any atom is -0.506 e. The van der Waals surface area contributed by atoms with E-state index in [2.05, 4.69) is 46.8 Å². The number of benzene rings is 1. The van der Waals surface area contributed by atoms with Gasteiger partial charge in [-0.1, -0.05) is 12.1 Å². The Hall–Kier alpha value is -9.03. The predicted molar refractivity (Wildman–Crippen MR) is 372 cm³/mol. The largest absolute Gasteiger partial charge is 0.506 e. The van der Waals surface area contributed by atoms with E-state index < -0.39 is 128 Å². The summed E-state index contributed by atoms with van der Waals surface area (Å²) in [5, 5.41) is 72.1. The smallest absolute Gasteiger partial charge is 0.358 e. The summed E-state index contributed by atoms with van der Waals surface area (Å²) in [5.41, 5.74) is -1.59. The van der Waals surface area contributed by atoms with Crippen LogP contribution >= 0.6 is 56.7 Å². The molecule has 5 aliphatic rings. The highest BCUT2D eigenvalue weighted by molar-refractivity contribution is 7.14. The molecule has 33 nitrogen and oxygen atoms in total. The Morgan fingerprint density at radius 3 is 2.27 bits per heavy atom. The van der Waals surface area contributed by atoms with Crippen molar-refractivity contribution in [3.05, 3.63) is 112 Å². The van der Waals surface area contributed by atoms with Gasteiger partial charge in [0, 0.05) is 76.0 Å². The van der Waals surface area contributed by atoms with Crippen LogP contribution in [0.25, 0.3) is 49.3 Å². The Balaban J connectivity index is 0.939. The first kappa shape index (κ1) is 72.3. The zero-order valence-corrected chi connectivity index (χ0v) is 60.3. The third-order valence-electron chi connectivity index (χ3n) is 17.8. The molecule has 0 aliphatic carbocycles. The molecule has 0 spiro atoms. The van der Waals surface area contributed by atoms with Crippen LogP contribution in [0.1, 0.15) is 120 Å². The van der Waals surface area contributed by atoms with Crippen molar-refractivity contribution < 1.29 is 87.2 Å². The average Bonchev–Trinajstić information content (AvgIpc) is 1.65. The number of nitrogens with one attached hydrogen (secondary N) is 6. The Labute approximate surface area is 606 Å². The van der Waals surface area contributed by atoms with Gasteiger partial charge in [-0.15, -0.1) is 56.7 Å². The lowest BCUT2D eigenvalue weighted by Crippen LogP contribution is -2.62.